The minimum atomic E-state index is 0.221. The Kier molecular flexibility index (Phi) is 2.70. The second-order valence-electron chi connectivity index (χ2n) is 2.73. The molecule has 15 heavy (non-hydrogen) atoms. The van der Waals surface area contributed by atoms with Crippen molar-refractivity contribution in [1.29, 1.82) is 0 Å². The van der Waals surface area contributed by atoms with Crippen molar-refractivity contribution in [2.45, 2.75) is 0 Å². The third-order valence-corrected chi connectivity index (χ3v) is 2.25. The fraction of sp³-hybridized carbons (Fsp3) is 0. The highest BCUT2D eigenvalue weighted by Crippen LogP contribution is 2.19. The number of hydrogen-bond acceptors (Lipinski definition) is 3. The average Bonchev–Trinajstić information content (AvgIpc) is 2.60. The van der Waals surface area contributed by atoms with Gasteiger partial charge in [0.1, 0.15) is 5.69 Å². The maximum atomic E-state index is 10.7. The van der Waals surface area contributed by atoms with Crippen LogP contribution in [0.25, 0.3) is 5.82 Å². The van der Waals surface area contributed by atoms with Gasteiger partial charge in [-0.3, -0.25) is 4.79 Å². The van der Waals surface area contributed by atoms with Crippen LogP contribution in [-0.4, -0.2) is 21.1 Å². The van der Waals surface area contributed by atoms with Crippen LogP contribution >= 0.6 is 23.2 Å². The number of carbonyl (C=O) groups excluding carboxylic acids is 1. The zero-order valence-corrected chi connectivity index (χ0v) is 8.90. The van der Waals surface area contributed by atoms with Crippen LogP contribution in [0.4, 0.5) is 0 Å². The molecule has 0 N–H and O–H groups in total. The van der Waals surface area contributed by atoms with Crippen LogP contribution in [0.5, 0.6) is 0 Å². The van der Waals surface area contributed by atoms with E-state index in [9.17, 15) is 4.79 Å². The van der Waals surface area contributed by atoms with Gasteiger partial charge in [-0.1, -0.05) is 23.2 Å². The number of carbonyl (C=O) groups is 1. The fourth-order valence-electron chi connectivity index (χ4n) is 1.15. The van der Waals surface area contributed by atoms with Gasteiger partial charge in [-0.05, 0) is 12.1 Å². The molecular weight excluding hydrogens is 237 g/mol. The molecular formula is C9H5Cl2N3O. The highest BCUT2D eigenvalue weighted by atomic mass is 35.5. The Bertz CT molecular complexity index is 510. The van der Waals surface area contributed by atoms with Crippen LogP contribution in [0.2, 0.25) is 10.2 Å². The lowest BCUT2D eigenvalue weighted by molar-refractivity contribution is 0.111. The van der Waals surface area contributed by atoms with Gasteiger partial charge in [0.15, 0.2) is 17.3 Å². The van der Waals surface area contributed by atoms with Gasteiger partial charge in [-0.2, -0.15) is 5.10 Å². The number of rotatable bonds is 2. The van der Waals surface area contributed by atoms with Crippen LogP contribution < -0.4 is 0 Å². The second kappa shape index (κ2) is 4.00. The molecule has 6 heteroatoms. The molecule has 0 radical (unpaired) electrons. The lowest BCUT2D eigenvalue weighted by Crippen LogP contribution is -2.03. The predicted octanol–water partition coefficient (Wildman–Crippen LogP) is 2.39. The number of pyridine rings is 1. The first kappa shape index (κ1) is 10.1. The summed E-state index contributed by atoms with van der Waals surface area (Å²) in [5, 5.41) is 4.54. The molecule has 2 aromatic rings. The Morgan fingerprint density at radius 3 is 2.87 bits per heavy atom. The van der Waals surface area contributed by atoms with E-state index in [1.807, 2.05) is 0 Å². The van der Waals surface area contributed by atoms with E-state index in [2.05, 4.69) is 10.1 Å². The normalized spacial score (nSPS) is 10.3. The Morgan fingerprint density at radius 2 is 2.20 bits per heavy atom. The highest BCUT2D eigenvalue weighted by Gasteiger charge is 2.11. The van der Waals surface area contributed by atoms with Gasteiger partial charge in [-0.25, -0.2) is 9.67 Å². The summed E-state index contributed by atoms with van der Waals surface area (Å²) >= 11 is 11.6. The van der Waals surface area contributed by atoms with Crippen molar-refractivity contribution in [2.75, 3.05) is 0 Å². The monoisotopic (exact) mass is 241 g/mol. The van der Waals surface area contributed by atoms with Crippen molar-refractivity contribution in [1.82, 2.24) is 14.8 Å². The standard InChI is InChI=1S/C9H5Cl2N3O/c10-7-2-1-3-12-9(7)14-6(5-15)4-8(11)13-14/h1-5H. The summed E-state index contributed by atoms with van der Waals surface area (Å²) in [6.45, 7) is 0. The van der Waals surface area contributed by atoms with E-state index in [1.165, 1.54) is 10.7 Å². The lowest BCUT2D eigenvalue weighted by Gasteiger charge is -2.03. The first-order valence-corrected chi connectivity index (χ1v) is 4.79. The molecule has 0 atom stereocenters. The molecule has 2 heterocycles. The maximum absolute atomic E-state index is 10.7. The van der Waals surface area contributed by atoms with Crippen molar-refractivity contribution in [3.8, 4) is 5.82 Å². The van der Waals surface area contributed by atoms with Gasteiger partial charge in [0.25, 0.3) is 0 Å². The number of aromatic nitrogens is 3. The number of aldehydes is 1. The van der Waals surface area contributed by atoms with Crippen molar-refractivity contribution >= 4 is 29.5 Å². The molecule has 0 amide bonds. The van der Waals surface area contributed by atoms with E-state index >= 15 is 0 Å². The van der Waals surface area contributed by atoms with Gasteiger partial charge in [0, 0.05) is 12.3 Å². The van der Waals surface area contributed by atoms with Crippen molar-refractivity contribution < 1.29 is 4.79 Å². The Hall–Kier alpha value is -1.39. The zero-order valence-electron chi connectivity index (χ0n) is 7.39. The predicted molar refractivity (Wildman–Crippen MR) is 56.8 cm³/mol. The quantitative estimate of drug-likeness (QED) is 0.759. The summed E-state index contributed by atoms with van der Waals surface area (Å²) < 4.78 is 1.30. The largest absolute Gasteiger partial charge is 0.296 e. The minimum absolute atomic E-state index is 0.221. The van der Waals surface area contributed by atoms with Gasteiger partial charge in [0.2, 0.25) is 0 Å². The molecule has 0 spiro atoms. The van der Waals surface area contributed by atoms with Gasteiger partial charge >= 0.3 is 0 Å². The molecule has 0 aromatic carbocycles. The third-order valence-electron chi connectivity index (χ3n) is 1.77. The number of halogens is 2. The molecule has 4 nitrogen and oxygen atoms in total. The van der Waals surface area contributed by atoms with Crippen LogP contribution in [0, 0.1) is 0 Å². The molecule has 0 aliphatic rings. The molecule has 0 aliphatic heterocycles. The van der Waals surface area contributed by atoms with E-state index < -0.39 is 0 Å². The van der Waals surface area contributed by atoms with E-state index in [-0.39, 0.29) is 5.15 Å². The van der Waals surface area contributed by atoms with Crippen molar-refractivity contribution in [2.24, 2.45) is 0 Å². The second-order valence-corrected chi connectivity index (χ2v) is 3.52. The summed E-state index contributed by atoms with van der Waals surface area (Å²) in [4.78, 5) is 14.8. The third kappa shape index (κ3) is 1.86. The first-order valence-electron chi connectivity index (χ1n) is 4.04. The Balaban J connectivity index is 2.63. The fourth-order valence-corrected chi connectivity index (χ4v) is 1.54. The van der Waals surface area contributed by atoms with Crippen LogP contribution in [0.3, 0.4) is 0 Å². The molecule has 0 fully saturated rings. The van der Waals surface area contributed by atoms with E-state index in [0.29, 0.717) is 22.8 Å². The Labute approximate surface area is 95.4 Å². The molecule has 0 bridgehead atoms. The van der Waals surface area contributed by atoms with E-state index in [4.69, 9.17) is 23.2 Å². The maximum Gasteiger partial charge on any atom is 0.172 e. The SMILES string of the molecule is O=Cc1cc(Cl)nn1-c1ncccc1Cl. The van der Waals surface area contributed by atoms with Gasteiger partial charge < -0.3 is 0 Å². The number of nitrogens with zero attached hydrogens (tertiary/aromatic N) is 3. The smallest absolute Gasteiger partial charge is 0.172 e. The van der Waals surface area contributed by atoms with Crippen molar-refractivity contribution in [3.05, 3.63) is 40.3 Å². The summed E-state index contributed by atoms with van der Waals surface area (Å²) in [5.41, 5.74) is 0.306. The summed E-state index contributed by atoms with van der Waals surface area (Å²) in [5.74, 6) is 0.383. The van der Waals surface area contributed by atoms with Crippen LogP contribution in [0.15, 0.2) is 24.4 Å². The first-order chi connectivity index (χ1) is 7.22. The number of hydrogen-bond donors (Lipinski definition) is 0. The summed E-state index contributed by atoms with van der Waals surface area (Å²) in [6.07, 6.45) is 2.20. The molecule has 0 aliphatic carbocycles. The molecule has 0 saturated carbocycles. The van der Waals surface area contributed by atoms with E-state index in [1.54, 1.807) is 18.3 Å². The minimum Gasteiger partial charge on any atom is -0.296 e. The molecule has 76 valence electrons. The average molecular weight is 242 g/mol. The summed E-state index contributed by atoms with van der Waals surface area (Å²) in [6, 6.07) is 4.80. The molecule has 0 unspecified atom stereocenters. The molecule has 2 aromatic heterocycles. The molecule has 0 saturated heterocycles. The van der Waals surface area contributed by atoms with Crippen molar-refractivity contribution in [3.63, 3.8) is 0 Å². The topological polar surface area (TPSA) is 47.8 Å². The van der Waals surface area contributed by atoms with E-state index in [0.717, 1.165) is 0 Å². The Morgan fingerprint density at radius 1 is 1.40 bits per heavy atom. The van der Waals surface area contributed by atoms with Gasteiger partial charge in [-0.15, -0.1) is 0 Å². The lowest BCUT2D eigenvalue weighted by atomic mass is 10.4. The summed E-state index contributed by atoms with van der Waals surface area (Å²) in [7, 11) is 0. The van der Waals surface area contributed by atoms with Crippen LogP contribution in [0.1, 0.15) is 10.5 Å². The molecule has 2 rings (SSSR count). The van der Waals surface area contributed by atoms with Gasteiger partial charge in [0.05, 0.1) is 5.02 Å². The highest BCUT2D eigenvalue weighted by molar-refractivity contribution is 6.32. The zero-order chi connectivity index (χ0) is 10.8. The van der Waals surface area contributed by atoms with Crippen LogP contribution in [-0.2, 0) is 0 Å².